The van der Waals surface area contributed by atoms with Crippen LogP contribution in [0.2, 0.25) is 0 Å². The Morgan fingerprint density at radius 3 is 2.61 bits per heavy atom. The second-order valence-corrected chi connectivity index (χ2v) is 4.36. The monoisotopic (exact) mass is 243 g/mol. The van der Waals surface area contributed by atoms with Crippen molar-refractivity contribution >= 4 is 5.95 Å². The van der Waals surface area contributed by atoms with Crippen LogP contribution in [0, 0.1) is 13.8 Å². The lowest BCUT2D eigenvalue weighted by molar-refractivity contribution is 0.823. The summed E-state index contributed by atoms with van der Waals surface area (Å²) in [6, 6.07) is 2.06. The Kier molecular flexibility index (Phi) is 3.50. The van der Waals surface area contributed by atoms with Crippen LogP contribution in [0.15, 0.2) is 12.3 Å². The van der Waals surface area contributed by atoms with Crippen molar-refractivity contribution < 1.29 is 0 Å². The molecule has 0 aliphatic heterocycles. The van der Waals surface area contributed by atoms with Gasteiger partial charge < -0.3 is 5.73 Å². The molecule has 0 saturated heterocycles. The molecule has 0 bridgehead atoms. The molecule has 5 nitrogen and oxygen atoms in total. The van der Waals surface area contributed by atoms with E-state index in [9.17, 15) is 0 Å². The Morgan fingerprint density at radius 2 is 1.94 bits per heavy atom. The van der Waals surface area contributed by atoms with Crippen molar-refractivity contribution in [1.82, 2.24) is 19.9 Å². The molecule has 94 valence electrons. The van der Waals surface area contributed by atoms with Gasteiger partial charge in [-0.25, -0.2) is 4.98 Å². The molecule has 2 aromatic rings. The number of pyridine rings is 1. The molecule has 2 N–H and O–H groups in total. The number of hydrogen-bond donors (Lipinski definition) is 1. The molecule has 18 heavy (non-hydrogen) atoms. The number of anilines is 1. The predicted octanol–water partition coefficient (Wildman–Crippen LogP) is 2.09. The summed E-state index contributed by atoms with van der Waals surface area (Å²) in [7, 11) is 0. The molecule has 5 heteroatoms. The summed E-state index contributed by atoms with van der Waals surface area (Å²) in [5.41, 5.74) is 8.65. The Hall–Kier alpha value is -2.04. The van der Waals surface area contributed by atoms with E-state index in [4.69, 9.17) is 5.73 Å². The van der Waals surface area contributed by atoms with E-state index in [0.717, 1.165) is 35.5 Å². The van der Waals surface area contributed by atoms with Crippen LogP contribution in [0.25, 0.3) is 11.5 Å². The largest absolute Gasteiger partial charge is 0.368 e. The number of nitrogen functional groups attached to an aromatic ring is 1. The van der Waals surface area contributed by atoms with Gasteiger partial charge in [0, 0.05) is 12.6 Å². The van der Waals surface area contributed by atoms with E-state index in [1.54, 1.807) is 0 Å². The summed E-state index contributed by atoms with van der Waals surface area (Å²) in [6.45, 7) is 6.08. The second kappa shape index (κ2) is 5.08. The van der Waals surface area contributed by atoms with Gasteiger partial charge >= 0.3 is 0 Å². The SMILES string of the molecule is CCCc1nc(N)nc(-c2ncc(C)cc2C)n1. The molecule has 2 rings (SSSR count). The van der Waals surface area contributed by atoms with Gasteiger partial charge in [-0.3, -0.25) is 4.98 Å². The maximum Gasteiger partial charge on any atom is 0.223 e. The van der Waals surface area contributed by atoms with Crippen LogP contribution in [-0.4, -0.2) is 19.9 Å². The lowest BCUT2D eigenvalue weighted by Gasteiger charge is -2.06. The van der Waals surface area contributed by atoms with Crippen LogP contribution < -0.4 is 5.73 Å². The highest BCUT2D eigenvalue weighted by atomic mass is 15.1. The van der Waals surface area contributed by atoms with Crippen molar-refractivity contribution in [2.24, 2.45) is 0 Å². The van der Waals surface area contributed by atoms with Crippen molar-refractivity contribution in [3.8, 4) is 11.5 Å². The van der Waals surface area contributed by atoms with Gasteiger partial charge in [0.2, 0.25) is 5.95 Å². The van der Waals surface area contributed by atoms with Crippen LogP contribution in [-0.2, 0) is 6.42 Å². The standard InChI is InChI=1S/C13H17N5/c1-4-5-10-16-12(18-13(14)17-10)11-9(3)6-8(2)7-15-11/h6-7H,4-5H2,1-3H3,(H2,14,16,17,18). The van der Waals surface area contributed by atoms with E-state index in [1.165, 1.54) is 0 Å². The summed E-state index contributed by atoms with van der Waals surface area (Å²) in [6.07, 6.45) is 3.58. The summed E-state index contributed by atoms with van der Waals surface area (Å²) in [4.78, 5) is 17.1. The third-order valence-electron chi connectivity index (χ3n) is 2.60. The lowest BCUT2D eigenvalue weighted by atomic mass is 10.1. The molecule has 0 spiro atoms. The third kappa shape index (κ3) is 2.61. The predicted molar refractivity (Wildman–Crippen MR) is 70.9 cm³/mol. The average molecular weight is 243 g/mol. The van der Waals surface area contributed by atoms with Gasteiger partial charge in [-0.1, -0.05) is 13.0 Å². The van der Waals surface area contributed by atoms with E-state index >= 15 is 0 Å². The number of aryl methyl sites for hydroxylation is 3. The van der Waals surface area contributed by atoms with E-state index in [0.29, 0.717) is 5.82 Å². The second-order valence-electron chi connectivity index (χ2n) is 4.36. The van der Waals surface area contributed by atoms with Gasteiger partial charge in [-0.2, -0.15) is 9.97 Å². The molecule has 0 fully saturated rings. The molecule has 0 aliphatic carbocycles. The molecule has 0 unspecified atom stereocenters. The summed E-state index contributed by atoms with van der Waals surface area (Å²) in [5.74, 6) is 1.54. The van der Waals surface area contributed by atoms with Gasteiger partial charge in [0.25, 0.3) is 0 Å². The Balaban J connectivity index is 2.49. The Labute approximate surface area is 107 Å². The number of nitrogens with zero attached hydrogens (tertiary/aromatic N) is 4. The van der Waals surface area contributed by atoms with Crippen molar-refractivity contribution in [3.05, 3.63) is 29.2 Å². The fraction of sp³-hybridized carbons (Fsp3) is 0.385. The first-order chi connectivity index (χ1) is 8.60. The zero-order valence-corrected chi connectivity index (χ0v) is 10.9. The van der Waals surface area contributed by atoms with Gasteiger partial charge in [-0.15, -0.1) is 0 Å². The Bertz CT molecular complexity index is 565. The van der Waals surface area contributed by atoms with Crippen molar-refractivity contribution in [1.29, 1.82) is 0 Å². The maximum absolute atomic E-state index is 5.72. The van der Waals surface area contributed by atoms with Crippen molar-refractivity contribution in [2.45, 2.75) is 33.6 Å². The van der Waals surface area contributed by atoms with E-state index < -0.39 is 0 Å². The maximum atomic E-state index is 5.72. The quantitative estimate of drug-likeness (QED) is 0.893. The zero-order valence-electron chi connectivity index (χ0n) is 10.9. The molecule has 0 saturated carbocycles. The van der Waals surface area contributed by atoms with Crippen LogP contribution in [0.4, 0.5) is 5.95 Å². The van der Waals surface area contributed by atoms with Gasteiger partial charge in [0.05, 0.1) is 0 Å². The number of hydrogen-bond acceptors (Lipinski definition) is 5. The average Bonchev–Trinajstić information content (AvgIpc) is 2.28. The molecule has 0 aliphatic rings. The first kappa shape index (κ1) is 12.4. The molecule has 2 aromatic heterocycles. The van der Waals surface area contributed by atoms with E-state index in [-0.39, 0.29) is 5.95 Å². The molecular formula is C13H17N5. The molecule has 0 amide bonds. The van der Waals surface area contributed by atoms with Gasteiger partial charge in [-0.05, 0) is 31.4 Å². The van der Waals surface area contributed by atoms with Gasteiger partial charge in [0.15, 0.2) is 5.82 Å². The normalized spacial score (nSPS) is 10.6. The van der Waals surface area contributed by atoms with Gasteiger partial charge in [0.1, 0.15) is 11.5 Å². The van der Waals surface area contributed by atoms with Crippen molar-refractivity contribution in [2.75, 3.05) is 5.73 Å². The number of aromatic nitrogens is 4. The lowest BCUT2D eigenvalue weighted by Crippen LogP contribution is -2.06. The minimum absolute atomic E-state index is 0.255. The fourth-order valence-electron chi connectivity index (χ4n) is 1.83. The smallest absolute Gasteiger partial charge is 0.223 e. The zero-order chi connectivity index (χ0) is 13.1. The van der Waals surface area contributed by atoms with E-state index in [1.807, 2.05) is 20.0 Å². The minimum atomic E-state index is 0.255. The molecule has 0 aromatic carbocycles. The topological polar surface area (TPSA) is 77.6 Å². The number of nitrogens with two attached hydrogens (primary N) is 1. The third-order valence-corrected chi connectivity index (χ3v) is 2.60. The van der Waals surface area contributed by atoms with Crippen LogP contribution in [0.5, 0.6) is 0 Å². The van der Waals surface area contributed by atoms with Crippen LogP contribution in [0.1, 0.15) is 30.3 Å². The highest BCUT2D eigenvalue weighted by Gasteiger charge is 2.10. The molecule has 0 radical (unpaired) electrons. The highest BCUT2D eigenvalue weighted by molar-refractivity contribution is 5.55. The van der Waals surface area contributed by atoms with Crippen LogP contribution in [0.3, 0.4) is 0 Å². The first-order valence-electron chi connectivity index (χ1n) is 6.04. The fourth-order valence-corrected chi connectivity index (χ4v) is 1.83. The first-order valence-corrected chi connectivity index (χ1v) is 6.04. The number of rotatable bonds is 3. The van der Waals surface area contributed by atoms with Crippen LogP contribution >= 0.6 is 0 Å². The van der Waals surface area contributed by atoms with Crippen molar-refractivity contribution in [3.63, 3.8) is 0 Å². The Morgan fingerprint density at radius 1 is 1.17 bits per heavy atom. The minimum Gasteiger partial charge on any atom is -0.368 e. The highest BCUT2D eigenvalue weighted by Crippen LogP contribution is 2.18. The summed E-state index contributed by atoms with van der Waals surface area (Å²) < 4.78 is 0. The summed E-state index contributed by atoms with van der Waals surface area (Å²) >= 11 is 0. The molecule has 2 heterocycles. The van der Waals surface area contributed by atoms with E-state index in [2.05, 4.69) is 32.9 Å². The molecular weight excluding hydrogens is 226 g/mol. The summed E-state index contributed by atoms with van der Waals surface area (Å²) in [5, 5.41) is 0. The molecule has 0 atom stereocenters.